The minimum Gasteiger partial charge on any atom is -0.382 e. The molecule has 0 saturated heterocycles. The van der Waals surface area contributed by atoms with E-state index in [1.165, 1.54) is 6.42 Å². The molecule has 3 nitrogen and oxygen atoms in total. The van der Waals surface area contributed by atoms with Gasteiger partial charge in [-0.1, -0.05) is 20.8 Å². The molecule has 0 aliphatic heterocycles. The van der Waals surface area contributed by atoms with Gasteiger partial charge in [0.1, 0.15) is 0 Å². The van der Waals surface area contributed by atoms with Crippen molar-refractivity contribution in [1.29, 1.82) is 0 Å². The van der Waals surface area contributed by atoms with Gasteiger partial charge in [0, 0.05) is 20.3 Å². The molecular formula is C13H29NO2. The second-order valence-corrected chi connectivity index (χ2v) is 5.05. The Bertz CT molecular complexity index is 162. The largest absolute Gasteiger partial charge is 0.382 e. The second-order valence-electron chi connectivity index (χ2n) is 5.05. The lowest BCUT2D eigenvalue weighted by atomic mass is 9.75. The molecule has 3 heteroatoms. The van der Waals surface area contributed by atoms with E-state index in [-0.39, 0.29) is 0 Å². The molecule has 1 atom stereocenters. The topological polar surface area (TPSA) is 30.5 Å². The minimum absolute atomic E-state index is 0.374. The predicted octanol–water partition coefficient (Wildman–Crippen LogP) is 2.31. The van der Waals surface area contributed by atoms with Gasteiger partial charge in [-0.15, -0.1) is 0 Å². The van der Waals surface area contributed by atoms with Crippen molar-refractivity contribution >= 4 is 0 Å². The summed E-state index contributed by atoms with van der Waals surface area (Å²) in [5, 5.41) is 3.29. The lowest BCUT2D eigenvalue weighted by Crippen LogP contribution is -2.34. The maximum Gasteiger partial charge on any atom is 0.0700 e. The summed E-state index contributed by atoms with van der Waals surface area (Å²) in [4.78, 5) is 0. The smallest absolute Gasteiger partial charge is 0.0700 e. The minimum atomic E-state index is 0.374. The van der Waals surface area contributed by atoms with Crippen LogP contribution >= 0.6 is 0 Å². The number of hydrogen-bond donors (Lipinski definition) is 1. The van der Waals surface area contributed by atoms with E-state index in [9.17, 15) is 0 Å². The Labute approximate surface area is 101 Å². The van der Waals surface area contributed by atoms with E-state index in [4.69, 9.17) is 9.47 Å². The summed E-state index contributed by atoms with van der Waals surface area (Å²) in [5.74, 6) is 0.693. The van der Waals surface area contributed by atoms with E-state index in [1.54, 1.807) is 7.11 Å². The Hall–Kier alpha value is -0.120. The van der Waals surface area contributed by atoms with Crippen molar-refractivity contribution in [1.82, 2.24) is 5.32 Å². The normalized spacial score (nSPS) is 15.4. The summed E-state index contributed by atoms with van der Waals surface area (Å²) in [5.41, 5.74) is 0.374. The first-order chi connectivity index (χ1) is 7.56. The third-order valence-electron chi connectivity index (χ3n) is 3.44. The van der Waals surface area contributed by atoms with Gasteiger partial charge >= 0.3 is 0 Å². The van der Waals surface area contributed by atoms with Crippen LogP contribution in [0.4, 0.5) is 0 Å². The highest BCUT2D eigenvalue weighted by atomic mass is 16.5. The van der Waals surface area contributed by atoms with Crippen molar-refractivity contribution in [3.8, 4) is 0 Å². The van der Waals surface area contributed by atoms with Crippen molar-refractivity contribution in [3.63, 3.8) is 0 Å². The summed E-state index contributed by atoms with van der Waals surface area (Å²) in [6, 6.07) is 0. The van der Waals surface area contributed by atoms with Crippen molar-refractivity contribution in [2.24, 2.45) is 11.3 Å². The molecule has 1 N–H and O–H groups in total. The fourth-order valence-corrected chi connectivity index (χ4v) is 1.81. The van der Waals surface area contributed by atoms with Crippen molar-refractivity contribution in [2.75, 3.05) is 40.5 Å². The number of hydrogen-bond acceptors (Lipinski definition) is 3. The maximum atomic E-state index is 5.48. The van der Waals surface area contributed by atoms with Crippen LogP contribution in [-0.2, 0) is 9.47 Å². The predicted molar refractivity (Wildman–Crippen MR) is 68.8 cm³/mol. The molecule has 0 fully saturated rings. The maximum absolute atomic E-state index is 5.48. The van der Waals surface area contributed by atoms with E-state index in [2.05, 4.69) is 26.1 Å². The van der Waals surface area contributed by atoms with Gasteiger partial charge < -0.3 is 14.8 Å². The summed E-state index contributed by atoms with van der Waals surface area (Å²) in [6.45, 7) is 10.3. The first kappa shape index (κ1) is 15.9. The molecule has 0 saturated carbocycles. The molecule has 0 aromatic carbocycles. The molecule has 0 bridgehead atoms. The Morgan fingerprint density at radius 3 is 2.38 bits per heavy atom. The summed E-state index contributed by atoms with van der Waals surface area (Å²) in [7, 11) is 3.72. The van der Waals surface area contributed by atoms with E-state index in [0.29, 0.717) is 24.5 Å². The molecule has 1 unspecified atom stereocenters. The first-order valence-corrected chi connectivity index (χ1v) is 6.28. The van der Waals surface area contributed by atoms with E-state index >= 15 is 0 Å². The first-order valence-electron chi connectivity index (χ1n) is 6.28. The molecule has 0 amide bonds. The highest BCUT2D eigenvalue weighted by Gasteiger charge is 2.26. The molecule has 98 valence electrons. The monoisotopic (exact) mass is 231 g/mol. The van der Waals surface area contributed by atoms with Gasteiger partial charge in [0.15, 0.2) is 0 Å². The fourth-order valence-electron chi connectivity index (χ4n) is 1.81. The zero-order valence-electron chi connectivity index (χ0n) is 11.6. The van der Waals surface area contributed by atoms with Gasteiger partial charge in [-0.25, -0.2) is 0 Å². The molecule has 0 aromatic rings. The molecular weight excluding hydrogens is 202 g/mol. The Morgan fingerprint density at radius 2 is 1.88 bits per heavy atom. The van der Waals surface area contributed by atoms with Crippen LogP contribution in [0.3, 0.4) is 0 Å². The standard InChI is InChI=1S/C13H29NO2/c1-12(2)13(3,11-14-4)7-6-8-16-10-9-15-5/h12,14H,6-11H2,1-5H3. The quantitative estimate of drug-likeness (QED) is 0.585. The Kier molecular flexibility index (Phi) is 8.90. The van der Waals surface area contributed by atoms with Crippen molar-refractivity contribution in [3.05, 3.63) is 0 Å². The van der Waals surface area contributed by atoms with Crippen LogP contribution in [0.25, 0.3) is 0 Å². The van der Waals surface area contributed by atoms with Crippen LogP contribution in [0.5, 0.6) is 0 Å². The van der Waals surface area contributed by atoms with Gasteiger partial charge in [0.05, 0.1) is 13.2 Å². The van der Waals surface area contributed by atoms with Gasteiger partial charge in [-0.3, -0.25) is 0 Å². The zero-order chi connectivity index (χ0) is 12.4. The van der Waals surface area contributed by atoms with Gasteiger partial charge in [0.25, 0.3) is 0 Å². The molecule has 0 heterocycles. The van der Waals surface area contributed by atoms with Gasteiger partial charge in [-0.05, 0) is 31.2 Å². The molecule has 0 aliphatic carbocycles. The summed E-state index contributed by atoms with van der Waals surface area (Å²) in [6.07, 6.45) is 2.33. The van der Waals surface area contributed by atoms with Crippen LogP contribution in [0.1, 0.15) is 33.6 Å². The lowest BCUT2D eigenvalue weighted by Gasteiger charge is -2.33. The van der Waals surface area contributed by atoms with Crippen LogP contribution in [0.2, 0.25) is 0 Å². The van der Waals surface area contributed by atoms with Crippen LogP contribution in [-0.4, -0.2) is 40.5 Å². The number of nitrogens with one attached hydrogen (secondary N) is 1. The highest BCUT2D eigenvalue weighted by Crippen LogP contribution is 2.31. The number of rotatable bonds is 10. The molecule has 0 aromatic heterocycles. The third-order valence-corrected chi connectivity index (χ3v) is 3.44. The SMILES string of the molecule is CNCC(C)(CCCOCCOC)C(C)C. The molecule has 0 rings (SSSR count). The van der Waals surface area contributed by atoms with Gasteiger partial charge in [-0.2, -0.15) is 0 Å². The molecule has 0 spiro atoms. The molecule has 16 heavy (non-hydrogen) atoms. The third kappa shape index (κ3) is 6.46. The zero-order valence-corrected chi connectivity index (χ0v) is 11.6. The number of methoxy groups -OCH3 is 1. The van der Waals surface area contributed by atoms with E-state index in [1.807, 2.05) is 7.05 Å². The summed E-state index contributed by atoms with van der Waals surface area (Å²) >= 11 is 0. The average molecular weight is 231 g/mol. The summed E-state index contributed by atoms with van der Waals surface area (Å²) < 4.78 is 10.4. The highest BCUT2D eigenvalue weighted by molar-refractivity contribution is 4.79. The Morgan fingerprint density at radius 1 is 1.19 bits per heavy atom. The van der Waals surface area contributed by atoms with Crippen LogP contribution < -0.4 is 5.32 Å². The van der Waals surface area contributed by atoms with E-state index < -0.39 is 0 Å². The molecule has 0 radical (unpaired) electrons. The lowest BCUT2D eigenvalue weighted by molar-refractivity contribution is 0.0609. The van der Waals surface area contributed by atoms with Crippen LogP contribution in [0.15, 0.2) is 0 Å². The number of ether oxygens (including phenoxy) is 2. The fraction of sp³-hybridized carbons (Fsp3) is 1.00. The molecule has 0 aliphatic rings. The average Bonchev–Trinajstić information content (AvgIpc) is 2.23. The van der Waals surface area contributed by atoms with Crippen LogP contribution in [0, 0.1) is 11.3 Å². The van der Waals surface area contributed by atoms with Gasteiger partial charge in [0.2, 0.25) is 0 Å². The second kappa shape index (κ2) is 8.97. The van der Waals surface area contributed by atoms with Crippen molar-refractivity contribution < 1.29 is 9.47 Å². The van der Waals surface area contributed by atoms with E-state index in [0.717, 1.165) is 19.6 Å². The van der Waals surface area contributed by atoms with Crippen molar-refractivity contribution in [2.45, 2.75) is 33.6 Å². The Balaban J connectivity index is 3.68.